The van der Waals surface area contributed by atoms with Crippen LogP contribution in [0.15, 0.2) is 65.6 Å². The van der Waals surface area contributed by atoms with Crippen LogP contribution in [-0.4, -0.2) is 56.3 Å². The molecule has 0 saturated carbocycles. The summed E-state index contributed by atoms with van der Waals surface area (Å²) in [5.41, 5.74) is 0.487. The molecule has 1 N–H and O–H groups in total. The van der Waals surface area contributed by atoms with Crippen LogP contribution in [0.2, 0.25) is 10.0 Å². The van der Waals surface area contributed by atoms with Crippen molar-refractivity contribution in [3.8, 4) is 5.75 Å². The third-order valence-corrected chi connectivity index (χ3v) is 9.05. The maximum atomic E-state index is 14.1. The first-order valence-corrected chi connectivity index (χ1v) is 15.5. The van der Waals surface area contributed by atoms with Gasteiger partial charge >= 0.3 is 0 Å². The number of nitrogens with one attached hydrogen (secondary N) is 1. The van der Waals surface area contributed by atoms with Crippen LogP contribution in [0, 0.1) is 17.0 Å². The van der Waals surface area contributed by atoms with E-state index in [1.54, 1.807) is 26.0 Å². The molecule has 0 spiro atoms. The quantitative estimate of drug-likeness (QED) is 0.194. The first-order valence-electron chi connectivity index (χ1n) is 13.3. The number of anilines is 1. The number of halogens is 2. The van der Waals surface area contributed by atoms with Gasteiger partial charge in [0.15, 0.2) is 0 Å². The van der Waals surface area contributed by atoms with Gasteiger partial charge in [-0.05, 0) is 68.3 Å². The minimum absolute atomic E-state index is 0.105. The fourth-order valence-electron chi connectivity index (χ4n) is 4.40. The van der Waals surface area contributed by atoms with Gasteiger partial charge in [0.25, 0.3) is 15.7 Å². The monoisotopic (exact) mass is 650 g/mol. The molecule has 3 aromatic carbocycles. The first kappa shape index (κ1) is 33.6. The third-order valence-electron chi connectivity index (χ3n) is 6.70. The number of sulfonamides is 1. The normalized spacial score (nSPS) is 11.9. The van der Waals surface area contributed by atoms with Crippen LogP contribution in [-0.2, 0) is 26.2 Å². The molecule has 0 fully saturated rings. The summed E-state index contributed by atoms with van der Waals surface area (Å²) in [6.45, 7) is 4.44. The molecule has 0 unspecified atom stereocenters. The summed E-state index contributed by atoms with van der Waals surface area (Å²) >= 11 is 12.5. The van der Waals surface area contributed by atoms with Crippen LogP contribution < -0.4 is 14.4 Å². The second-order valence-electron chi connectivity index (χ2n) is 9.49. The van der Waals surface area contributed by atoms with Gasteiger partial charge in [-0.1, -0.05) is 42.3 Å². The van der Waals surface area contributed by atoms with Crippen molar-refractivity contribution in [1.29, 1.82) is 0 Å². The molecule has 230 valence electrons. The van der Waals surface area contributed by atoms with E-state index in [1.165, 1.54) is 61.4 Å². The molecule has 0 aliphatic heterocycles. The van der Waals surface area contributed by atoms with E-state index in [0.29, 0.717) is 22.9 Å². The predicted octanol–water partition coefficient (Wildman–Crippen LogP) is 5.36. The molecule has 0 aromatic heterocycles. The number of hydrogen-bond acceptors (Lipinski definition) is 7. The molecule has 2 amide bonds. The average molecular weight is 652 g/mol. The van der Waals surface area contributed by atoms with E-state index in [9.17, 15) is 28.1 Å². The van der Waals surface area contributed by atoms with E-state index in [1.807, 2.05) is 0 Å². The fourth-order valence-corrected chi connectivity index (χ4v) is 6.30. The van der Waals surface area contributed by atoms with Crippen LogP contribution in [0.5, 0.6) is 5.75 Å². The number of nitrogens with zero attached hydrogens (tertiary/aromatic N) is 3. The van der Waals surface area contributed by atoms with Gasteiger partial charge in [-0.25, -0.2) is 8.42 Å². The molecule has 0 bridgehead atoms. The predicted molar refractivity (Wildman–Crippen MR) is 165 cm³/mol. The number of carbonyl (C=O) groups is 2. The smallest absolute Gasteiger partial charge is 0.273 e. The second-order valence-corrected chi connectivity index (χ2v) is 12.2. The number of nitro benzene ring substituents is 1. The second kappa shape index (κ2) is 14.5. The molecule has 0 aliphatic carbocycles. The summed E-state index contributed by atoms with van der Waals surface area (Å²) in [5.74, 6) is -0.679. The number of amides is 2. The SMILES string of the molecule is CCNC(=O)[C@H](CC)N(Cc1ccc(Cl)cc1Cl)C(=O)CN(c1ccc(OC)cc1)S(=O)(=O)c1ccc(C)c([N+](=O)[O-])c1. The summed E-state index contributed by atoms with van der Waals surface area (Å²) < 4.78 is 34.1. The van der Waals surface area contributed by atoms with E-state index in [2.05, 4.69) is 5.32 Å². The van der Waals surface area contributed by atoms with Gasteiger partial charge in [-0.3, -0.25) is 24.0 Å². The minimum Gasteiger partial charge on any atom is -0.497 e. The third kappa shape index (κ3) is 7.95. The number of likely N-dealkylation sites (N-methyl/N-ethyl adjacent to an activating group) is 1. The van der Waals surface area contributed by atoms with Crippen molar-refractivity contribution in [2.24, 2.45) is 0 Å². The van der Waals surface area contributed by atoms with Gasteiger partial charge in [0.2, 0.25) is 11.8 Å². The Hall–Kier alpha value is -3.87. The molecule has 3 rings (SSSR count). The lowest BCUT2D eigenvalue weighted by atomic mass is 10.1. The van der Waals surface area contributed by atoms with Crippen LogP contribution in [0.3, 0.4) is 0 Å². The number of aryl methyl sites for hydroxylation is 1. The number of benzene rings is 3. The van der Waals surface area contributed by atoms with Crippen molar-refractivity contribution < 1.29 is 27.7 Å². The van der Waals surface area contributed by atoms with Crippen molar-refractivity contribution in [3.63, 3.8) is 0 Å². The summed E-state index contributed by atoms with van der Waals surface area (Å²) in [6, 6.07) is 13.2. The highest BCUT2D eigenvalue weighted by Crippen LogP contribution is 2.30. The molecule has 0 saturated heterocycles. The molecule has 43 heavy (non-hydrogen) atoms. The van der Waals surface area contributed by atoms with Crippen LogP contribution in [0.1, 0.15) is 31.4 Å². The summed E-state index contributed by atoms with van der Waals surface area (Å²) in [4.78, 5) is 39.0. The Morgan fingerprint density at radius 3 is 2.28 bits per heavy atom. The van der Waals surface area contributed by atoms with Gasteiger partial charge < -0.3 is 15.0 Å². The topological polar surface area (TPSA) is 139 Å². The molecule has 1 atom stereocenters. The van der Waals surface area contributed by atoms with Crippen molar-refractivity contribution >= 4 is 56.4 Å². The largest absolute Gasteiger partial charge is 0.497 e. The van der Waals surface area contributed by atoms with Crippen LogP contribution >= 0.6 is 23.2 Å². The molecular weight excluding hydrogens is 619 g/mol. The first-order chi connectivity index (χ1) is 20.3. The van der Waals surface area contributed by atoms with E-state index in [0.717, 1.165) is 10.4 Å². The van der Waals surface area contributed by atoms with Gasteiger partial charge in [0, 0.05) is 34.8 Å². The fraction of sp³-hybridized carbons (Fsp3) is 0.310. The Bertz CT molecular complexity index is 1600. The van der Waals surface area contributed by atoms with Gasteiger partial charge in [-0.15, -0.1) is 0 Å². The molecule has 14 heteroatoms. The number of rotatable bonds is 13. The molecule has 11 nitrogen and oxygen atoms in total. The van der Waals surface area contributed by atoms with Crippen molar-refractivity contribution in [2.75, 3.05) is 24.5 Å². The van der Waals surface area contributed by atoms with E-state index in [-0.39, 0.29) is 39.8 Å². The maximum absolute atomic E-state index is 14.1. The zero-order valence-electron chi connectivity index (χ0n) is 24.0. The lowest BCUT2D eigenvalue weighted by Gasteiger charge is -2.33. The van der Waals surface area contributed by atoms with Gasteiger partial charge in [-0.2, -0.15) is 0 Å². The zero-order chi connectivity index (χ0) is 31.9. The van der Waals surface area contributed by atoms with E-state index in [4.69, 9.17) is 27.9 Å². The molecule has 0 aliphatic rings. The number of hydrogen-bond donors (Lipinski definition) is 1. The number of carbonyl (C=O) groups excluding carboxylic acids is 2. The number of ether oxygens (including phenoxy) is 1. The Morgan fingerprint density at radius 2 is 1.72 bits per heavy atom. The van der Waals surface area contributed by atoms with Gasteiger partial charge in [0.1, 0.15) is 18.3 Å². The molecule has 0 heterocycles. The highest BCUT2D eigenvalue weighted by Gasteiger charge is 2.34. The molecular formula is C29H32Cl2N4O7S. The van der Waals surface area contributed by atoms with Gasteiger partial charge in [0.05, 0.1) is 22.6 Å². The summed E-state index contributed by atoms with van der Waals surface area (Å²) in [5, 5.41) is 15.0. The maximum Gasteiger partial charge on any atom is 0.273 e. The Kier molecular flexibility index (Phi) is 11.4. The highest BCUT2D eigenvalue weighted by molar-refractivity contribution is 7.92. The summed E-state index contributed by atoms with van der Waals surface area (Å²) in [7, 11) is -3.08. The minimum atomic E-state index is -4.53. The lowest BCUT2D eigenvalue weighted by molar-refractivity contribution is -0.385. The van der Waals surface area contributed by atoms with E-state index >= 15 is 0 Å². The van der Waals surface area contributed by atoms with E-state index < -0.39 is 39.3 Å². The van der Waals surface area contributed by atoms with Crippen molar-refractivity contribution in [2.45, 2.75) is 44.7 Å². The summed E-state index contributed by atoms with van der Waals surface area (Å²) in [6.07, 6.45) is 0.224. The number of nitro groups is 1. The Labute approximate surface area is 260 Å². The lowest BCUT2D eigenvalue weighted by Crippen LogP contribution is -2.52. The Balaban J connectivity index is 2.14. The standard InChI is InChI=1S/C29H32Cl2N4O7S/c1-5-26(29(37)32-6-2)33(17-20-8-9-21(30)15-25(20)31)28(36)18-34(22-10-12-23(42-4)13-11-22)43(40,41)24-14-7-19(3)27(16-24)35(38)39/h7-16,26H,5-6,17-18H2,1-4H3,(H,32,37)/t26-/m0/s1. The molecule has 3 aromatic rings. The Morgan fingerprint density at radius 1 is 1.05 bits per heavy atom. The zero-order valence-corrected chi connectivity index (χ0v) is 26.4. The van der Waals surface area contributed by atoms with Crippen molar-refractivity contribution in [3.05, 3.63) is 92.0 Å². The van der Waals surface area contributed by atoms with Crippen LogP contribution in [0.4, 0.5) is 11.4 Å². The van der Waals surface area contributed by atoms with Crippen molar-refractivity contribution in [1.82, 2.24) is 10.2 Å². The highest BCUT2D eigenvalue weighted by atomic mass is 35.5. The molecule has 0 radical (unpaired) electrons. The number of methoxy groups -OCH3 is 1. The average Bonchev–Trinajstić information content (AvgIpc) is 2.96. The van der Waals surface area contributed by atoms with Crippen LogP contribution in [0.25, 0.3) is 0 Å².